The van der Waals surface area contributed by atoms with Gasteiger partial charge in [0.05, 0.1) is 6.10 Å². The van der Waals surface area contributed by atoms with Gasteiger partial charge in [-0.05, 0) is 50.6 Å². The number of ether oxygens (including phenoxy) is 1. The molecule has 0 heterocycles. The van der Waals surface area contributed by atoms with Crippen molar-refractivity contribution in [2.45, 2.75) is 31.9 Å². The Morgan fingerprint density at radius 1 is 1.47 bits per heavy atom. The fourth-order valence-corrected chi connectivity index (χ4v) is 1.96. The SMILES string of the molecule is CNC(Cc1cc(F)ccc1Cl)CC(C)OC. The molecule has 2 nitrogen and oxygen atoms in total. The third-order valence-corrected chi connectivity index (χ3v) is 3.27. The Hall–Kier alpha value is -0.640. The first-order chi connectivity index (χ1) is 8.06. The lowest BCUT2D eigenvalue weighted by Gasteiger charge is -2.20. The van der Waals surface area contributed by atoms with Gasteiger partial charge in [0.1, 0.15) is 5.82 Å². The zero-order valence-electron chi connectivity index (χ0n) is 10.5. The van der Waals surface area contributed by atoms with Crippen molar-refractivity contribution in [3.8, 4) is 0 Å². The van der Waals surface area contributed by atoms with Crippen molar-refractivity contribution in [1.82, 2.24) is 5.32 Å². The lowest BCUT2D eigenvalue weighted by molar-refractivity contribution is 0.101. The van der Waals surface area contributed by atoms with Crippen molar-refractivity contribution in [3.05, 3.63) is 34.6 Å². The Kier molecular flexibility index (Phi) is 5.89. The van der Waals surface area contributed by atoms with Crippen LogP contribution in [0.5, 0.6) is 0 Å². The predicted octanol–water partition coefficient (Wildman–Crippen LogP) is 3.03. The van der Waals surface area contributed by atoms with Crippen LogP contribution >= 0.6 is 11.6 Å². The van der Waals surface area contributed by atoms with E-state index < -0.39 is 0 Å². The molecule has 2 atom stereocenters. The summed E-state index contributed by atoms with van der Waals surface area (Å²) < 4.78 is 18.4. The van der Waals surface area contributed by atoms with Crippen LogP contribution in [0, 0.1) is 5.82 Å². The van der Waals surface area contributed by atoms with Crippen LogP contribution in [0.2, 0.25) is 5.02 Å². The van der Waals surface area contributed by atoms with Gasteiger partial charge < -0.3 is 10.1 Å². The zero-order valence-corrected chi connectivity index (χ0v) is 11.2. The fourth-order valence-electron chi connectivity index (χ4n) is 1.77. The number of methoxy groups -OCH3 is 1. The Morgan fingerprint density at radius 3 is 2.76 bits per heavy atom. The second-order valence-electron chi connectivity index (χ2n) is 4.21. The minimum Gasteiger partial charge on any atom is -0.382 e. The van der Waals surface area contributed by atoms with Crippen molar-refractivity contribution < 1.29 is 9.13 Å². The van der Waals surface area contributed by atoms with Crippen LogP contribution in [0.25, 0.3) is 0 Å². The number of nitrogens with one attached hydrogen (secondary N) is 1. The Morgan fingerprint density at radius 2 is 2.18 bits per heavy atom. The van der Waals surface area contributed by atoms with Gasteiger partial charge in [-0.1, -0.05) is 11.6 Å². The Balaban J connectivity index is 2.69. The molecule has 0 aliphatic carbocycles. The zero-order chi connectivity index (χ0) is 12.8. The average molecular weight is 260 g/mol. The minimum atomic E-state index is -0.251. The highest BCUT2D eigenvalue weighted by atomic mass is 35.5. The molecule has 0 amide bonds. The molecule has 1 aromatic rings. The van der Waals surface area contributed by atoms with Gasteiger partial charge in [0.15, 0.2) is 0 Å². The second-order valence-corrected chi connectivity index (χ2v) is 4.61. The van der Waals surface area contributed by atoms with Crippen LogP contribution in [0.3, 0.4) is 0 Å². The van der Waals surface area contributed by atoms with Gasteiger partial charge in [0, 0.05) is 18.2 Å². The standard InChI is InChI=1S/C13H19ClFNO/c1-9(17-3)6-12(16-2)8-10-7-11(15)4-5-13(10)14/h4-5,7,9,12,16H,6,8H2,1-3H3. The normalized spacial score (nSPS) is 14.6. The quantitative estimate of drug-likeness (QED) is 0.848. The topological polar surface area (TPSA) is 21.3 Å². The van der Waals surface area contributed by atoms with Gasteiger partial charge in [-0.25, -0.2) is 4.39 Å². The molecule has 96 valence electrons. The molecule has 1 N–H and O–H groups in total. The van der Waals surface area contributed by atoms with Crippen LogP contribution in [-0.2, 0) is 11.2 Å². The number of likely N-dealkylation sites (N-methyl/N-ethyl adjacent to an activating group) is 1. The van der Waals surface area contributed by atoms with Crippen molar-refractivity contribution in [1.29, 1.82) is 0 Å². The van der Waals surface area contributed by atoms with Crippen LogP contribution in [0.1, 0.15) is 18.9 Å². The van der Waals surface area contributed by atoms with Crippen LogP contribution in [-0.4, -0.2) is 26.3 Å². The van der Waals surface area contributed by atoms with E-state index in [0.717, 1.165) is 12.0 Å². The Bertz CT molecular complexity index is 359. The number of rotatable bonds is 6. The first-order valence-electron chi connectivity index (χ1n) is 5.70. The van der Waals surface area contributed by atoms with Crippen molar-refractivity contribution in [2.24, 2.45) is 0 Å². The summed E-state index contributed by atoms with van der Waals surface area (Å²) >= 11 is 6.04. The molecule has 0 aliphatic rings. The first-order valence-corrected chi connectivity index (χ1v) is 6.08. The predicted molar refractivity (Wildman–Crippen MR) is 69.0 cm³/mol. The molecule has 0 aliphatic heterocycles. The molecule has 2 unspecified atom stereocenters. The lowest BCUT2D eigenvalue weighted by atomic mass is 10.0. The molecule has 0 fully saturated rings. The maximum atomic E-state index is 13.1. The first kappa shape index (κ1) is 14.4. The van der Waals surface area contributed by atoms with Crippen molar-refractivity contribution in [3.63, 3.8) is 0 Å². The summed E-state index contributed by atoms with van der Waals surface area (Å²) in [6, 6.07) is 4.69. The maximum absolute atomic E-state index is 13.1. The van der Waals surface area contributed by atoms with E-state index >= 15 is 0 Å². The van der Waals surface area contributed by atoms with Crippen LogP contribution in [0.15, 0.2) is 18.2 Å². The highest BCUT2D eigenvalue weighted by molar-refractivity contribution is 6.31. The van der Waals surface area contributed by atoms with E-state index in [9.17, 15) is 4.39 Å². The largest absolute Gasteiger partial charge is 0.382 e. The van der Waals surface area contributed by atoms with Gasteiger partial charge in [0.25, 0.3) is 0 Å². The lowest BCUT2D eigenvalue weighted by Crippen LogP contribution is -2.31. The van der Waals surface area contributed by atoms with Gasteiger partial charge in [0.2, 0.25) is 0 Å². The number of hydrogen-bond donors (Lipinski definition) is 1. The van der Waals surface area contributed by atoms with E-state index in [2.05, 4.69) is 5.32 Å². The van der Waals surface area contributed by atoms with Crippen LogP contribution < -0.4 is 5.32 Å². The van der Waals surface area contributed by atoms with E-state index in [-0.39, 0.29) is 18.0 Å². The minimum absolute atomic E-state index is 0.166. The summed E-state index contributed by atoms with van der Waals surface area (Å²) in [6.07, 6.45) is 1.72. The molecular formula is C13H19ClFNO. The summed E-state index contributed by atoms with van der Waals surface area (Å²) in [7, 11) is 3.58. The van der Waals surface area contributed by atoms with E-state index in [1.54, 1.807) is 13.2 Å². The molecule has 4 heteroatoms. The van der Waals surface area contributed by atoms with E-state index in [1.165, 1.54) is 12.1 Å². The molecule has 0 aromatic heterocycles. The summed E-state index contributed by atoms with van der Waals surface area (Å²) in [5.41, 5.74) is 0.828. The molecule has 0 spiro atoms. The molecule has 17 heavy (non-hydrogen) atoms. The third-order valence-electron chi connectivity index (χ3n) is 2.90. The van der Waals surface area contributed by atoms with Gasteiger partial charge in [-0.15, -0.1) is 0 Å². The fraction of sp³-hybridized carbons (Fsp3) is 0.538. The second kappa shape index (κ2) is 6.94. The van der Waals surface area contributed by atoms with Crippen molar-refractivity contribution in [2.75, 3.05) is 14.2 Å². The van der Waals surface area contributed by atoms with Crippen molar-refractivity contribution >= 4 is 11.6 Å². The molecule has 1 aromatic carbocycles. The summed E-state index contributed by atoms with van der Waals surface area (Å²) in [6.45, 7) is 2.01. The van der Waals surface area contributed by atoms with Gasteiger partial charge in [-0.3, -0.25) is 0 Å². The molecule has 0 saturated heterocycles. The highest BCUT2D eigenvalue weighted by Gasteiger charge is 2.13. The summed E-state index contributed by atoms with van der Waals surface area (Å²) in [4.78, 5) is 0. The van der Waals surface area contributed by atoms with Gasteiger partial charge in [-0.2, -0.15) is 0 Å². The molecular weight excluding hydrogens is 241 g/mol. The van der Waals surface area contributed by atoms with E-state index in [4.69, 9.17) is 16.3 Å². The molecule has 1 rings (SSSR count). The average Bonchev–Trinajstić information content (AvgIpc) is 2.32. The molecule has 0 radical (unpaired) electrons. The van der Waals surface area contributed by atoms with Crippen LogP contribution in [0.4, 0.5) is 4.39 Å². The number of hydrogen-bond acceptors (Lipinski definition) is 2. The summed E-state index contributed by atoms with van der Waals surface area (Å²) in [5, 5.41) is 3.81. The summed E-state index contributed by atoms with van der Waals surface area (Å²) in [5.74, 6) is -0.251. The van der Waals surface area contributed by atoms with E-state index in [0.29, 0.717) is 11.4 Å². The molecule has 0 saturated carbocycles. The monoisotopic (exact) mass is 259 g/mol. The Labute approximate surface area is 107 Å². The van der Waals surface area contributed by atoms with E-state index in [1.807, 2.05) is 14.0 Å². The maximum Gasteiger partial charge on any atom is 0.123 e. The number of halogens is 2. The van der Waals surface area contributed by atoms with Gasteiger partial charge >= 0.3 is 0 Å². The number of benzene rings is 1. The smallest absolute Gasteiger partial charge is 0.123 e. The highest BCUT2D eigenvalue weighted by Crippen LogP contribution is 2.20. The third kappa shape index (κ3) is 4.62. The molecule has 0 bridgehead atoms.